The van der Waals surface area contributed by atoms with Crippen molar-refractivity contribution in [2.75, 3.05) is 5.73 Å². The molecule has 0 radical (unpaired) electrons. The van der Waals surface area contributed by atoms with E-state index < -0.39 is 44.8 Å². The summed E-state index contributed by atoms with van der Waals surface area (Å²) < 4.78 is 55.1. The first-order chi connectivity index (χ1) is 10.8. The molecule has 0 bridgehead atoms. The summed E-state index contributed by atoms with van der Waals surface area (Å²) in [5.74, 6) is -5.68. The molecule has 0 aliphatic carbocycles. The fourth-order valence-electron chi connectivity index (χ4n) is 2.13. The van der Waals surface area contributed by atoms with Gasteiger partial charge in [-0.2, -0.15) is 0 Å². The SMILES string of the molecule is Nc1nc(-n2ccc(=O)c3cc(F)c(F)c(Br)c32)c(F)cc1F. The first-order valence-corrected chi connectivity index (χ1v) is 6.91. The number of hydrogen-bond donors (Lipinski definition) is 1. The van der Waals surface area contributed by atoms with Crippen molar-refractivity contribution < 1.29 is 17.6 Å². The Hall–Kier alpha value is -2.42. The van der Waals surface area contributed by atoms with Crippen LogP contribution < -0.4 is 11.2 Å². The molecule has 0 aliphatic rings. The number of benzene rings is 1. The smallest absolute Gasteiger partial charge is 0.189 e. The number of nitrogen functional groups attached to an aromatic ring is 1. The van der Waals surface area contributed by atoms with Crippen LogP contribution in [0.5, 0.6) is 0 Å². The van der Waals surface area contributed by atoms with Crippen LogP contribution in [0.25, 0.3) is 16.7 Å². The maximum Gasteiger partial charge on any atom is 0.189 e. The number of anilines is 1. The Bertz CT molecular complexity index is 1020. The maximum absolute atomic E-state index is 14.0. The van der Waals surface area contributed by atoms with Gasteiger partial charge in [-0.15, -0.1) is 0 Å². The molecule has 9 heteroatoms. The van der Waals surface area contributed by atoms with Crippen LogP contribution in [0.2, 0.25) is 0 Å². The van der Waals surface area contributed by atoms with Crippen LogP contribution >= 0.6 is 15.9 Å². The zero-order valence-corrected chi connectivity index (χ0v) is 12.7. The summed E-state index contributed by atoms with van der Waals surface area (Å²) in [6, 6.07) is 2.22. The summed E-state index contributed by atoms with van der Waals surface area (Å²) in [5.41, 5.74) is 4.56. The molecule has 3 aromatic rings. The molecular formula is C14H6BrF4N3O. The zero-order chi connectivity index (χ0) is 16.9. The molecule has 0 fully saturated rings. The quantitative estimate of drug-likeness (QED) is 0.514. The van der Waals surface area contributed by atoms with Crippen molar-refractivity contribution in [3.63, 3.8) is 0 Å². The van der Waals surface area contributed by atoms with Crippen LogP contribution in [-0.2, 0) is 0 Å². The standard InChI is InChI=1S/C14H6BrF4N3O/c15-10-11(19)6(16)3-5-9(23)1-2-22(12(5)10)14-8(18)4-7(17)13(20)21-14/h1-4H,(H2,20,21). The molecular weight excluding hydrogens is 382 g/mol. The van der Waals surface area contributed by atoms with E-state index in [1.54, 1.807) is 0 Å². The number of hydrogen-bond acceptors (Lipinski definition) is 3. The van der Waals surface area contributed by atoms with Crippen molar-refractivity contribution >= 4 is 32.7 Å². The Balaban J connectivity index is 2.49. The van der Waals surface area contributed by atoms with E-state index in [0.29, 0.717) is 12.1 Å². The molecule has 0 spiro atoms. The van der Waals surface area contributed by atoms with E-state index >= 15 is 0 Å². The third-order valence-electron chi connectivity index (χ3n) is 3.18. The Morgan fingerprint density at radius 2 is 1.78 bits per heavy atom. The lowest BCUT2D eigenvalue weighted by atomic mass is 10.2. The number of pyridine rings is 2. The lowest BCUT2D eigenvalue weighted by Gasteiger charge is -2.13. The van der Waals surface area contributed by atoms with E-state index in [0.717, 1.165) is 16.8 Å². The monoisotopic (exact) mass is 387 g/mol. The van der Waals surface area contributed by atoms with Crippen molar-refractivity contribution in [3.8, 4) is 5.82 Å². The summed E-state index contributed by atoms with van der Waals surface area (Å²) in [4.78, 5) is 15.4. The molecule has 0 saturated heterocycles. The second-order valence-electron chi connectivity index (χ2n) is 4.59. The van der Waals surface area contributed by atoms with Crippen LogP contribution in [0.1, 0.15) is 0 Å². The summed E-state index contributed by atoms with van der Waals surface area (Å²) in [7, 11) is 0. The van der Waals surface area contributed by atoms with Gasteiger partial charge in [-0.3, -0.25) is 9.36 Å². The number of nitrogens with two attached hydrogens (primary N) is 1. The van der Waals surface area contributed by atoms with Crippen molar-refractivity contribution in [1.82, 2.24) is 9.55 Å². The summed E-state index contributed by atoms with van der Waals surface area (Å²) in [6.07, 6.45) is 1.11. The van der Waals surface area contributed by atoms with E-state index in [9.17, 15) is 22.4 Å². The van der Waals surface area contributed by atoms with Crippen LogP contribution in [0.4, 0.5) is 23.4 Å². The first-order valence-electron chi connectivity index (χ1n) is 6.12. The number of aromatic nitrogens is 2. The highest BCUT2D eigenvalue weighted by atomic mass is 79.9. The predicted octanol–water partition coefficient (Wildman–Crippen LogP) is 3.29. The molecule has 2 N–H and O–H groups in total. The van der Waals surface area contributed by atoms with E-state index in [4.69, 9.17) is 5.73 Å². The second kappa shape index (κ2) is 5.34. The fourth-order valence-corrected chi connectivity index (χ4v) is 2.73. The fraction of sp³-hybridized carbons (Fsp3) is 0. The van der Waals surface area contributed by atoms with Gasteiger partial charge in [-0.25, -0.2) is 22.5 Å². The molecule has 23 heavy (non-hydrogen) atoms. The van der Waals surface area contributed by atoms with Crippen molar-refractivity contribution in [3.05, 3.63) is 62.4 Å². The summed E-state index contributed by atoms with van der Waals surface area (Å²) >= 11 is 2.84. The van der Waals surface area contributed by atoms with Crippen LogP contribution in [0.3, 0.4) is 0 Å². The molecule has 118 valence electrons. The minimum Gasteiger partial charge on any atom is -0.381 e. The minimum absolute atomic E-state index is 0.159. The number of halogens is 5. The largest absolute Gasteiger partial charge is 0.381 e. The van der Waals surface area contributed by atoms with Gasteiger partial charge in [0.2, 0.25) is 0 Å². The molecule has 0 amide bonds. The first kappa shape index (κ1) is 15.5. The maximum atomic E-state index is 14.0. The predicted molar refractivity (Wildman–Crippen MR) is 79.3 cm³/mol. The molecule has 0 saturated carbocycles. The van der Waals surface area contributed by atoms with Crippen molar-refractivity contribution in [2.45, 2.75) is 0 Å². The van der Waals surface area contributed by atoms with Crippen molar-refractivity contribution in [1.29, 1.82) is 0 Å². The van der Waals surface area contributed by atoms with E-state index in [1.807, 2.05) is 0 Å². The molecule has 0 atom stereocenters. The lowest BCUT2D eigenvalue weighted by molar-refractivity contribution is 0.506. The van der Waals surface area contributed by atoms with Crippen LogP contribution in [0.15, 0.2) is 33.7 Å². The van der Waals surface area contributed by atoms with E-state index in [-0.39, 0.29) is 10.9 Å². The van der Waals surface area contributed by atoms with Gasteiger partial charge < -0.3 is 5.73 Å². The zero-order valence-electron chi connectivity index (χ0n) is 11.1. The molecule has 2 aromatic heterocycles. The number of fused-ring (bicyclic) bond motifs is 1. The Kier molecular flexibility index (Phi) is 3.59. The molecule has 4 nitrogen and oxygen atoms in total. The van der Waals surface area contributed by atoms with Gasteiger partial charge >= 0.3 is 0 Å². The Morgan fingerprint density at radius 3 is 2.48 bits per heavy atom. The average Bonchev–Trinajstić information content (AvgIpc) is 2.50. The minimum atomic E-state index is -1.26. The third kappa shape index (κ3) is 2.37. The summed E-state index contributed by atoms with van der Waals surface area (Å²) in [5, 5.41) is -0.206. The van der Waals surface area contributed by atoms with E-state index in [1.165, 1.54) is 0 Å². The average molecular weight is 388 g/mol. The summed E-state index contributed by atoms with van der Waals surface area (Å²) in [6.45, 7) is 0. The molecule has 3 rings (SSSR count). The van der Waals surface area contributed by atoms with Crippen LogP contribution in [0, 0.1) is 23.3 Å². The van der Waals surface area contributed by atoms with E-state index in [2.05, 4.69) is 20.9 Å². The normalized spacial score (nSPS) is 11.2. The second-order valence-corrected chi connectivity index (χ2v) is 5.39. The van der Waals surface area contributed by atoms with Gasteiger partial charge in [0, 0.05) is 18.3 Å². The Labute approximate surface area is 134 Å². The van der Waals surface area contributed by atoms with Gasteiger partial charge in [0.15, 0.2) is 40.3 Å². The van der Waals surface area contributed by atoms with Gasteiger partial charge in [-0.1, -0.05) is 0 Å². The van der Waals surface area contributed by atoms with Gasteiger partial charge in [-0.05, 0) is 22.0 Å². The highest BCUT2D eigenvalue weighted by Gasteiger charge is 2.19. The number of nitrogens with zero attached hydrogens (tertiary/aromatic N) is 2. The topological polar surface area (TPSA) is 60.9 Å². The lowest BCUT2D eigenvalue weighted by Crippen LogP contribution is -2.12. The highest BCUT2D eigenvalue weighted by Crippen LogP contribution is 2.29. The van der Waals surface area contributed by atoms with Gasteiger partial charge in [0.05, 0.1) is 15.4 Å². The molecule has 0 unspecified atom stereocenters. The Morgan fingerprint density at radius 1 is 1.09 bits per heavy atom. The molecule has 2 heterocycles. The molecule has 1 aromatic carbocycles. The van der Waals surface area contributed by atoms with Gasteiger partial charge in [0.1, 0.15) is 0 Å². The van der Waals surface area contributed by atoms with Gasteiger partial charge in [0.25, 0.3) is 0 Å². The molecule has 0 aliphatic heterocycles. The third-order valence-corrected chi connectivity index (χ3v) is 3.91. The van der Waals surface area contributed by atoms with Crippen molar-refractivity contribution in [2.24, 2.45) is 0 Å². The highest BCUT2D eigenvalue weighted by molar-refractivity contribution is 9.10. The van der Waals surface area contributed by atoms with Crippen LogP contribution in [-0.4, -0.2) is 9.55 Å². The number of rotatable bonds is 1.